The summed E-state index contributed by atoms with van der Waals surface area (Å²) in [5.74, 6) is -0.211. The molecular weight excluding hydrogens is 221 g/mol. The quantitative estimate of drug-likeness (QED) is 0.791. The Kier molecular flexibility index (Phi) is 2.85. The SMILES string of the molecule is Cc1c(F)cc(C(C)N)cc1Br. The van der Waals surface area contributed by atoms with Gasteiger partial charge in [-0.25, -0.2) is 4.39 Å². The number of benzene rings is 1. The van der Waals surface area contributed by atoms with Gasteiger partial charge in [-0.05, 0) is 37.1 Å². The molecule has 1 nitrogen and oxygen atoms in total. The van der Waals surface area contributed by atoms with Crippen LogP contribution in [-0.4, -0.2) is 0 Å². The Morgan fingerprint density at radius 3 is 2.50 bits per heavy atom. The summed E-state index contributed by atoms with van der Waals surface area (Å²) in [6, 6.07) is 3.20. The van der Waals surface area contributed by atoms with Gasteiger partial charge in [0.05, 0.1) is 0 Å². The molecule has 0 radical (unpaired) electrons. The first-order valence-corrected chi connectivity index (χ1v) is 4.53. The zero-order valence-corrected chi connectivity index (χ0v) is 8.65. The Labute approximate surface area is 79.9 Å². The highest BCUT2D eigenvalue weighted by Gasteiger charge is 2.06. The van der Waals surface area contributed by atoms with Gasteiger partial charge in [0.15, 0.2) is 0 Å². The van der Waals surface area contributed by atoms with Crippen molar-refractivity contribution in [3.8, 4) is 0 Å². The molecule has 0 aliphatic heterocycles. The Morgan fingerprint density at radius 2 is 2.08 bits per heavy atom. The lowest BCUT2D eigenvalue weighted by atomic mass is 10.1. The first-order chi connectivity index (χ1) is 5.52. The molecule has 0 spiro atoms. The minimum absolute atomic E-state index is 0.128. The fraction of sp³-hybridized carbons (Fsp3) is 0.333. The summed E-state index contributed by atoms with van der Waals surface area (Å²) in [6.07, 6.45) is 0. The van der Waals surface area contributed by atoms with Crippen LogP contribution in [0.2, 0.25) is 0 Å². The second kappa shape index (κ2) is 3.54. The zero-order chi connectivity index (χ0) is 9.30. The molecule has 1 unspecified atom stereocenters. The van der Waals surface area contributed by atoms with Gasteiger partial charge in [0.1, 0.15) is 5.82 Å². The Morgan fingerprint density at radius 1 is 1.50 bits per heavy atom. The van der Waals surface area contributed by atoms with Crippen LogP contribution in [0, 0.1) is 12.7 Å². The second-order valence-corrected chi connectivity index (χ2v) is 3.75. The molecule has 12 heavy (non-hydrogen) atoms. The Bertz CT molecular complexity index is 274. The van der Waals surface area contributed by atoms with Crippen molar-refractivity contribution in [3.05, 3.63) is 33.5 Å². The molecule has 3 heteroatoms. The minimum atomic E-state index is -0.211. The standard InChI is InChI=1S/C9H11BrFN/c1-5-8(10)3-7(6(2)12)4-9(5)11/h3-4,6H,12H2,1-2H3. The third kappa shape index (κ3) is 1.84. The summed E-state index contributed by atoms with van der Waals surface area (Å²) in [7, 11) is 0. The predicted molar refractivity (Wildman–Crippen MR) is 51.4 cm³/mol. The Hall–Kier alpha value is -0.410. The molecule has 0 heterocycles. The van der Waals surface area contributed by atoms with Crippen molar-refractivity contribution in [2.24, 2.45) is 5.73 Å². The molecule has 1 rings (SSSR count). The van der Waals surface area contributed by atoms with E-state index in [0.717, 1.165) is 10.0 Å². The first-order valence-electron chi connectivity index (χ1n) is 3.73. The average Bonchev–Trinajstić information content (AvgIpc) is 1.99. The van der Waals surface area contributed by atoms with E-state index in [0.29, 0.717) is 5.56 Å². The van der Waals surface area contributed by atoms with Crippen LogP contribution >= 0.6 is 15.9 Å². The molecule has 0 aliphatic carbocycles. The van der Waals surface area contributed by atoms with Crippen molar-refractivity contribution in [3.63, 3.8) is 0 Å². The Balaban J connectivity index is 3.21. The van der Waals surface area contributed by atoms with Crippen LogP contribution in [0.4, 0.5) is 4.39 Å². The molecule has 1 aromatic rings. The number of halogens is 2. The molecular formula is C9H11BrFN. The van der Waals surface area contributed by atoms with Gasteiger partial charge in [0.25, 0.3) is 0 Å². The van der Waals surface area contributed by atoms with Gasteiger partial charge in [-0.15, -0.1) is 0 Å². The summed E-state index contributed by atoms with van der Waals surface area (Å²) in [6.45, 7) is 3.56. The monoisotopic (exact) mass is 231 g/mol. The smallest absolute Gasteiger partial charge is 0.127 e. The highest BCUT2D eigenvalue weighted by Crippen LogP contribution is 2.23. The van der Waals surface area contributed by atoms with Crippen LogP contribution in [0.3, 0.4) is 0 Å². The molecule has 0 bridgehead atoms. The summed E-state index contributed by atoms with van der Waals surface area (Å²) < 4.78 is 13.9. The average molecular weight is 232 g/mol. The maximum Gasteiger partial charge on any atom is 0.127 e. The molecule has 2 N–H and O–H groups in total. The largest absolute Gasteiger partial charge is 0.324 e. The van der Waals surface area contributed by atoms with E-state index in [1.54, 1.807) is 6.92 Å². The van der Waals surface area contributed by atoms with Crippen LogP contribution in [0.5, 0.6) is 0 Å². The highest BCUT2D eigenvalue weighted by molar-refractivity contribution is 9.10. The van der Waals surface area contributed by atoms with E-state index < -0.39 is 0 Å². The van der Waals surface area contributed by atoms with Crippen LogP contribution in [0.1, 0.15) is 24.1 Å². The van der Waals surface area contributed by atoms with Crippen LogP contribution in [-0.2, 0) is 0 Å². The van der Waals surface area contributed by atoms with Crippen LogP contribution in [0.25, 0.3) is 0 Å². The fourth-order valence-electron chi connectivity index (χ4n) is 0.928. The lowest BCUT2D eigenvalue weighted by Crippen LogP contribution is -2.05. The summed E-state index contributed by atoms with van der Waals surface area (Å²) in [4.78, 5) is 0. The number of nitrogens with two attached hydrogens (primary N) is 1. The molecule has 0 amide bonds. The molecule has 0 aliphatic rings. The summed E-state index contributed by atoms with van der Waals surface area (Å²) in [5, 5.41) is 0. The van der Waals surface area contributed by atoms with E-state index in [1.165, 1.54) is 6.07 Å². The molecule has 1 atom stereocenters. The van der Waals surface area contributed by atoms with Crippen molar-refractivity contribution in [1.82, 2.24) is 0 Å². The molecule has 0 aromatic heterocycles. The molecule has 66 valence electrons. The van der Waals surface area contributed by atoms with E-state index in [-0.39, 0.29) is 11.9 Å². The van der Waals surface area contributed by atoms with E-state index in [2.05, 4.69) is 15.9 Å². The van der Waals surface area contributed by atoms with Crippen molar-refractivity contribution in [2.45, 2.75) is 19.9 Å². The fourth-order valence-corrected chi connectivity index (χ4v) is 1.38. The zero-order valence-electron chi connectivity index (χ0n) is 7.07. The van der Waals surface area contributed by atoms with Gasteiger partial charge in [-0.3, -0.25) is 0 Å². The van der Waals surface area contributed by atoms with Gasteiger partial charge in [0.2, 0.25) is 0 Å². The van der Waals surface area contributed by atoms with Crippen molar-refractivity contribution in [2.75, 3.05) is 0 Å². The van der Waals surface area contributed by atoms with Crippen molar-refractivity contribution >= 4 is 15.9 Å². The van der Waals surface area contributed by atoms with Crippen molar-refractivity contribution < 1.29 is 4.39 Å². The summed E-state index contributed by atoms with van der Waals surface area (Å²) >= 11 is 3.27. The lowest BCUT2D eigenvalue weighted by Gasteiger charge is -2.08. The maximum absolute atomic E-state index is 13.1. The molecule has 0 saturated heterocycles. The van der Waals surface area contributed by atoms with Crippen molar-refractivity contribution in [1.29, 1.82) is 0 Å². The van der Waals surface area contributed by atoms with E-state index in [1.807, 2.05) is 13.0 Å². The van der Waals surface area contributed by atoms with Gasteiger partial charge in [-0.1, -0.05) is 15.9 Å². The minimum Gasteiger partial charge on any atom is -0.324 e. The predicted octanol–water partition coefficient (Wildman–Crippen LogP) is 2.92. The molecule has 0 fully saturated rings. The first kappa shape index (κ1) is 9.68. The van der Waals surface area contributed by atoms with E-state index in [4.69, 9.17) is 5.73 Å². The summed E-state index contributed by atoms with van der Waals surface area (Å²) in [5.41, 5.74) is 7.05. The third-order valence-electron chi connectivity index (χ3n) is 1.83. The molecule has 1 aromatic carbocycles. The number of rotatable bonds is 1. The highest BCUT2D eigenvalue weighted by atomic mass is 79.9. The maximum atomic E-state index is 13.1. The second-order valence-electron chi connectivity index (χ2n) is 2.90. The van der Waals surface area contributed by atoms with E-state index >= 15 is 0 Å². The number of hydrogen-bond donors (Lipinski definition) is 1. The third-order valence-corrected chi connectivity index (χ3v) is 2.65. The van der Waals surface area contributed by atoms with Gasteiger partial charge in [0, 0.05) is 10.5 Å². The van der Waals surface area contributed by atoms with Gasteiger partial charge >= 0.3 is 0 Å². The van der Waals surface area contributed by atoms with E-state index in [9.17, 15) is 4.39 Å². The molecule has 0 saturated carbocycles. The normalized spacial score (nSPS) is 13.1. The van der Waals surface area contributed by atoms with Crippen LogP contribution < -0.4 is 5.73 Å². The van der Waals surface area contributed by atoms with Gasteiger partial charge < -0.3 is 5.73 Å². The van der Waals surface area contributed by atoms with Gasteiger partial charge in [-0.2, -0.15) is 0 Å². The lowest BCUT2D eigenvalue weighted by molar-refractivity contribution is 0.612. The topological polar surface area (TPSA) is 26.0 Å². The van der Waals surface area contributed by atoms with Crippen LogP contribution in [0.15, 0.2) is 16.6 Å². The number of hydrogen-bond acceptors (Lipinski definition) is 1.